The standard InChI is InChI=1S/C8H11N3.CH4/c1-2-8-10-5-7-11(8)6-3-4-9;/h5,7H,2-3,6H2,1H3;1H4. The van der Waals surface area contributed by atoms with Crippen LogP contribution < -0.4 is 0 Å². The van der Waals surface area contributed by atoms with E-state index in [2.05, 4.69) is 18.0 Å². The SMILES string of the molecule is C.CCc1nccn1CCC#N. The lowest BCUT2D eigenvalue weighted by Gasteiger charge is -2.01. The summed E-state index contributed by atoms with van der Waals surface area (Å²) in [6.45, 7) is 2.82. The van der Waals surface area contributed by atoms with E-state index < -0.39 is 0 Å². The van der Waals surface area contributed by atoms with Crippen LogP contribution in [0.1, 0.15) is 26.6 Å². The lowest BCUT2D eigenvalue weighted by atomic mass is 10.4. The van der Waals surface area contributed by atoms with Gasteiger partial charge in [-0.15, -0.1) is 0 Å². The maximum Gasteiger partial charge on any atom is 0.108 e. The molecule has 0 aliphatic rings. The Labute approximate surface area is 73.7 Å². The summed E-state index contributed by atoms with van der Waals surface area (Å²) in [5, 5.41) is 8.34. The Morgan fingerprint density at radius 1 is 1.67 bits per heavy atom. The Morgan fingerprint density at radius 2 is 2.42 bits per heavy atom. The Bertz CT molecular complexity index is 257. The van der Waals surface area contributed by atoms with E-state index in [0.717, 1.165) is 18.8 Å². The Balaban J connectivity index is 0.00000121. The highest BCUT2D eigenvalue weighted by Gasteiger charge is 1.97. The van der Waals surface area contributed by atoms with Crippen molar-refractivity contribution in [1.82, 2.24) is 9.55 Å². The van der Waals surface area contributed by atoms with Crippen molar-refractivity contribution in [3.63, 3.8) is 0 Å². The van der Waals surface area contributed by atoms with E-state index in [0.29, 0.717) is 6.42 Å². The van der Waals surface area contributed by atoms with E-state index in [1.165, 1.54) is 0 Å². The highest BCUT2D eigenvalue weighted by molar-refractivity contribution is 4.92. The second-order valence-corrected chi connectivity index (χ2v) is 2.30. The molecule has 0 spiro atoms. The topological polar surface area (TPSA) is 41.6 Å². The van der Waals surface area contributed by atoms with Gasteiger partial charge in [-0.05, 0) is 0 Å². The Hall–Kier alpha value is -1.30. The number of hydrogen-bond donors (Lipinski definition) is 0. The first kappa shape index (κ1) is 10.7. The van der Waals surface area contributed by atoms with Crippen molar-refractivity contribution >= 4 is 0 Å². The van der Waals surface area contributed by atoms with Crippen LogP contribution >= 0.6 is 0 Å². The van der Waals surface area contributed by atoms with E-state index >= 15 is 0 Å². The molecule has 1 rings (SSSR count). The van der Waals surface area contributed by atoms with Gasteiger partial charge < -0.3 is 4.57 Å². The molecule has 12 heavy (non-hydrogen) atoms. The first-order chi connectivity index (χ1) is 5.38. The highest BCUT2D eigenvalue weighted by atomic mass is 15.1. The molecule has 0 atom stereocenters. The minimum atomic E-state index is 0. The molecule has 0 saturated heterocycles. The van der Waals surface area contributed by atoms with E-state index in [9.17, 15) is 0 Å². The third kappa shape index (κ3) is 2.39. The Morgan fingerprint density at radius 3 is 3.00 bits per heavy atom. The third-order valence-electron chi connectivity index (χ3n) is 1.58. The molecule has 0 fully saturated rings. The Kier molecular flexibility index (Phi) is 4.78. The van der Waals surface area contributed by atoms with Crippen molar-refractivity contribution in [1.29, 1.82) is 5.26 Å². The third-order valence-corrected chi connectivity index (χ3v) is 1.58. The van der Waals surface area contributed by atoms with Crippen molar-refractivity contribution in [2.24, 2.45) is 0 Å². The lowest BCUT2D eigenvalue weighted by molar-refractivity contribution is 0.670. The number of nitriles is 1. The summed E-state index contributed by atoms with van der Waals surface area (Å²) < 4.78 is 2.02. The van der Waals surface area contributed by atoms with Gasteiger partial charge >= 0.3 is 0 Å². The van der Waals surface area contributed by atoms with Crippen molar-refractivity contribution in [2.45, 2.75) is 33.7 Å². The number of imidazole rings is 1. The first-order valence-corrected chi connectivity index (χ1v) is 3.75. The van der Waals surface area contributed by atoms with Crippen molar-refractivity contribution in [3.8, 4) is 6.07 Å². The van der Waals surface area contributed by atoms with Gasteiger partial charge in [-0.3, -0.25) is 0 Å². The summed E-state index contributed by atoms with van der Waals surface area (Å²) in [7, 11) is 0. The van der Waals surface area contributed by atoms with Gasteiger partial charge in [0.15, 0.2) is 0 Å². The quantitative estimate of drug-likeness (QED) is 0.687. The predicted octanol–water partition coefficient (Wildman–Crippen LogP) is 2.00. The van der Waals surface area contributed by atoms with Gasteiger partial charge in [0, 0.05) is 25.4 Å². The molecule has 66 valence electrons. The maximum absolute atomic E-state index is 8.34. The van der Waals surface area contributed by atoms with Crippen LogP contribution in [0.15, 0.2) is 12.4 Å². The molecule has 3 heteroatoms. The molecule has 0 aromatic carbocycles. The van der Waals surface area contributed by atoms with Gasteiger partial charge in [0.05, 0.1) is 12.5 Å². The fourth-order valence-corrected chi connectivity index (χ4v) is 1.03. The largest absolute Gasteiger partial charge is 0.334 e. The second kappa shape index (κ2) is 5.36. The smallest absolute Gasteiger partial charge is 0.108 e. The zero-order chi connectivity index (χ0) is 8.10. The molecule has 0 radical (unpaired) electrons. The molecule has 0 amide bonds. The predicted molar refractivity (Wildman–Crippen MR) is 48.6 cm³/mol. The van der Waals surface area contributed by atoms with E-state index in [4.69, 9.17) is 5.26 Å². The van der Waals surface area contributed by atoms with Gasteiger partial charge in [0.2, 0.25) is 0 Å². The fraction of sp³-hybridized carbons (Fsp3) is 0.556. The number of aromatic nitrogens is 2. The molecular formula is C9H15N3. The summed E-state index contributed by atoms with van der Waals surface area (Å²) >= 11 is 0. The van der Waals surface area contributed by atoms with Crippen LogP contribution in [0.2, 0.25) is 0 Å². The lowest BCUT2D eigenvalue weighted by Crippen LogP contribution is -2.00. The molecule has 0 N–H and O–H groups in total. The van der Waals surface area contributed by atoms with Crippen LogP contribution in [0.25, 0.3) is 0 Å². The average Bonchev–Trinajstić information content (AvgIpc) is 2.47. The molecule has 1 aromatic rings. The van der Waals surface area contributed by atoms with Crippen LogP contribution in [-0.4, -0.2) is 9.55 Å². The van der Waals surface area contributed by atoms with Crippen LogP contribution in [0.4, 0.5) is 0 Å². The molecule has 3 nitrogen and oxygen atoms in total. The summed E-state index contributed by atoms with van der Waals surface area (Å²) in [5.74, 6) is 1.06. The molecule has 1 heterocycles. The van der Waals surface area contributed by atoms with Crippen LogP contribution in [0.3, 0.4) is 0 Å². The summed E-state index contributed by atoms with van der Waals surface area (Å²) in [4.78, 5) is 4.14. The van der Waals surface area contributed by atoms with E-state index in [1.807, 2.05) is 10.8 Å². The first-order valence-electron chi connectivity index (χ1n) is 3.75. The molecule has 1 aromatic heterocycles. The molecule has 0 aliphatic heterocycles. The summed E-state index contributed by atoms with van der Waals surface area (Å²) in [6.07, 6.45) is 5.17. The van der Waals surface area contributed by atoms with Crippen LogP contribution in [0.5, 0.6) is 0 Å². The number of rotatable bonds is 3. The molecular weight excluding hydrogens is 150 g/mol. The van der Waals surface area contributed by atoms with Gasteiger partial charge in [-0.2, -0.15) is 5.26 Å². The highest BCUT2D eigenvalue weighted by Crippen LogP contribution is 1.98. The second-order valence-electron chi connectivity index (χ2n) is 2.30. The fourth-order valence-electron chi connectivity index (χ4n) is 1.03. The molecule has 0 aliphatic carbocycles. The normalized spacial score (nSPS) is 8.67. The zero-order valence-corrected chi connectivity index (χ0v) is 6.62. The number of hydrogen-bond acceptors (Lipinski definition) is 2. The van der Waals surface area contributed by atoms with E-state index in [-0.39, 0.29) is 7.43 Å². The van der Waals surface area contributed by atoms with Crippen LogP contribution in [-0.2, 0) is 13.0 Å². The van der Waals surface area contributed by atoms with Gasteiger partial charge in [-0.25, -0.2) is 4.98 Å². The minimum absolute atomic E-state index is 0. The van der Waals surface area contributed by atoms with Gasteiger partial charge in [-0.1, -0.05) is 14.4 Å². The molecule has 0 unspecified atom stereocenters. The van der Waals surface area contributed by atoms with Crippen molar-refractivity contribution in [2.75, 3.05) is 0 Å². The van der Waals surface area contributed by atoms with Gasteiger partial charge in [0.1, 0.15) is 5.82 Å². The van der Waals surface area contributed by atoms with Crippen molar-refractivity contribution in [3.05, 3.63) is 18.2 Å². The summed E-state index contributed by atoms with van der Waals surface area (Å²) in [5.41, 5.74) is 0. The minimum Gasteiger partial charge on any atom is -0.334 e. The van der Waals surface area contributed by atoms with Crippen molar-refractivity contribution < 1.29 is 0 Å². The average molecular weight is 165 g/mol. The number of nitrogens with zero attached hydrogens (tertiary/aromatic N) is 3. The zero-order valence-electron chi connectivity index (χ0n) is 6.62. The molecule has 0 bridgehead atoms. The van der Waals surface area contributed by atoms with E-state index in [1.54, 1.807) is 6.20 Å². The summed E-state index contributed by atoms with van der Waals surface area (Å²) in [6, 6.07) is 2.11. The van der Waals surface area contributed by atoms with Gasteiger partial charge in [0.25, 0.3) is 0 Å². The maximum atomic E-state index is 8.34. The number of aryl methyl sites for hydroxylation is 2. The molecule has 0 saturated carbocycles. The van der Waals surface area contributed by atoms with Crippen LogP contribution in [0, 0.1) is 11.3 Å². The monoisotopic (exact) mass is 165 g/mol.